The molecule has 5 nitrogen and oxygen atoms in total. The maximum Gasteiger partial charge on any atom is 0.387 e. The summed E-state index contributed by atoms with van der Waals surface area (Å²) in [6, 6.07) is 9.66. The van der Waals surface area contributed by atoms with Crippen LogP contribution in [0.25, 0.3) is 0 Å². The van der Waals surface area contributed by atoms with E-state index in [2.05, 4.69) is 14.5 Å². The van der Waals surface area contributed by atoms with Crippen molar-refractivity contribution in [1.82, 2.24) is 4.72 Å². The number of amidine groups is 1. The summed E-state index contributed by atoms with van der Waals surface area (Å²) < 4.78 is 69.1. The predicted molar refractivity (Wildman–Crippen MR) is 80.0 cm³/mol. The number of nitrogens with zero attached hydrogens (tertiary/aromatic N) is 1. The molecule has 1 heterocycles. The van der Waals surface area contributed by atoms with Gasteiger partial charge in [0.2, 0.25) is 0 Å². The molecular weight excluding hydrogens is 345 g/mol. The largest absolute Gasteiger partial charge is 0.434 e. The monoisotopic (exact) mass is 356 g/mol. The molecule has 0 aromatic heterocycles. The number of nitrogens with one attached hydrogen (secondary N) is 1. The summed E-state index contributed by atoms with van der Waals surface area (Å²) in [4.78, 5) is 4.08. The summed E-state index contributed by atoms with van der Waals surface area (Å²) in [5.74, 6) is -1.09. The third-order valence-electron chi connectivity index (χ3n) is 3.35. The van der Waals surface area contributed by atoms with Crippen molar-refractivity contribution in [2.24, 2.45) is 4.99 Å². The van der Waals surface area contributed by atoms with Crippen LogP contribution in [0.5, 0.6) is 5.75 Å². The molecule has 1 aliphatic rings. The Balaban J connectivity index is 1.96. The second kappa shape index (κ2) is 6.16. The zero-order valence-corrected chi connectivity index (χ0v) is 12.9. The predicted octanol–water partition coefficient (Wildman–Crippen LogP) is 2.67. The molecule has 0 saturated heterocycles. The van der Waals surface area contributed by atoms with Crippen LogP contribution in [0.4, 0.5) is 13.2 Å². The van der Waals surface area contributed by atoms with Gasteiger partial charge in [-0.2, -0.15) is 8.78 Å². The molecule has 9 heteroatoms. The first kappa shape index (κ1) is 16.3. The SMILES string of the molecule is O=S1(=O)NC(=NCc2c(F)cccc2OC(F)F)c2ccccc21. The Morgan fingerprint density at radius 2 is 1.88 bits per heavy atom. The van der Waals surface area contributed by atoms with Gasteiger partial charge >= 0.3 is 6.61 Å². The molecule has 126 valence electrons. The lowest BCUT2D eigenvalue weighted by Crippen LogP contribution is -2.22. The summed E-state index contributed by atoms with van der Waals surface area (Å²) in [6.07, 6.45) is 0. The van der Waals surface area contributed by atoms with E-state index in [1.807, 2.05) is 0 Å². The molecule has 2 aromatic rings. The average molecular weight is 356 g/mol. The summed E-state index contributed by atoms with van der Waals surface area (Å²) >= 11 is 0. The average Bonchev–Trinajstić information content (AvgIpc) is 2.78. The van der Waals surface area contributed by atoms with Gasteiger partial charge in [-0.15, -0.1) is 0 Å². The molecule has 3 rings (SSSR count). The summed E-state index contributed by atoms with van der Waals surface area (Å²) in [7, 11) is -3.72. The van der Waals surface area contributed by atoms with Crippen molar-refractivity contribution < 1.29 is 26.3 Å². The highest BCUT2D eigenvalue weighted by atomic mass is 32.2. The Bertz CT molecular complexity index is 914. The smallest absolute Gasteiger partial charge is 0.387 e. The highest BCUT2D eigenvalue weighted by molar-refractivity contribution is 7.90. The van der Waals surface area contributed by atoms with Gasteiger partial charge in [-0.25, -0.2) is 12.8 Å². The Morgan fingerprint density at radius 3 is 2.62 bits per heavy atom. The second-order valence-corrected chi connectivity index (χ2v) is 6.51. The minimum atomic E-state index is -3.72. The third-order valence-corrected chi connectivity index (χ3v) is 4.75. The van der Waals surface area contributed by atoms with Crippen molar-refractivity contribution in [3.05, 3.63) is 59.4 Å². The fourth-order valence-electron chi connectivity index (χ4n) is 2.31. The summed E-state index contributed by atoms with van der Waals surface area (Å²) in [5.41, 5.74) is 0.152. The van der Waals surface area contributed by atoms with Gasteiger partial charge in [0.05, 0.1) is 17.0 Å². The van der Waals surface area contributed by atoms with Crippen LogP contribution in [0, 0.1) is 5.82 Å². The van der Waals surface area contributed by atoms with Crippen molar-refractivity contribution in [2.45, 2.75) is 18.1 Å². The Morgan fingerprint density at radius 1 is 1.12 bits per heavy atom. The van der Waals surface area contributed by atoms with Gasteiger partial charge < -0.3 is 4.74 Å². The molecule has 0 aliphatic carbocycles. The maximum absolute atomic E-state index is 13.9. The van der Waals surface area contributed by atoms with Gasteiger partial charge in [0, 0.05) is 5.56 Å². The zero-order valence-electron chi connectivity index (χ0n) is 12.0. The van der Waals surface area contributed by atoms with Crippen LogP contribution >= 0.6 is 0 Å². The summed E-state index contributed by atoms with van der Waals surface area (Å²) in [6.45, 7) is -3.47. The molecule has 1 aliphatic heterocycles. The number of ether oxygens (including phenoxy) is 1. The minimum Gasteiger partial charge on any atom is -0.434 e. The van der Waals surface area contributed by atoms with Crippen LogP contribution in [-0.2, 0) is 16.6 Å². The number of rotatable bonds is 4. The minimum absolute atomic E-state index is 0.0249. The van der Waals surface area contributed by atoms with Crippen LogP contribution in [0.1, 0.15) is 11.1 Å². The van der Waals surface area contributed by atoms with E-state index in [4.69, 9.17) is 0 Å². The number of aliphatic imine (C=N–C) groups is 1. The van der Waals surface area contributed by atoms with Gasteiger partial charge in [-0.1, -0.05) is 18.2 Å². The molecule has 1 N–H and O–H groups in total. The van der Waals surface area contributed by atoms with Crippen molar-refractivity contribution >= 4 is 15.9 Å². The number of alkyl halides is 2. The number of hydrogen-bond donors (Lipinski definition) is 1. The van der Waals surface area contributed by atoms with Gasteiger partial charge in [0.25, 0.3) is 10.0 Å². The number of sulfonamides is 1. The van der Waals surface area contributed by atoms with Crippen molar-refractivity contribution in [2.75, 3.05) is 0 Å². The van der Waals surface area contributed by atoms with E-state index in [1.165, 1.54) is 18.2 Å². The van der Waals surface area contributed by atoms with E-state index >= 15 is 0 Å². The molecule has 0 saturated carbocycles. The van der Waals surface area contributed by atoms with Crippen molar-refractivity contribution in [3.8, 4) is 5.75 Å². The molecule has 0 atom stereocenters. The standard InChI is InChI=1S/C15H11F3N2O3S/c16-11-5-3-6-12(23-15(17)18)10(11)8-19-14-9-4-1-2-7-13(9)24(21,22)20-14/h1-7,15H,8H2,(H,19,20). The fourth-order valence-corrected chi connectivity index (χ4v) is 3.56. The number of halogens is 3. The lowest BCUT2D eigenvalue weighted by atomic mass is 10.1. The highest BCUT2D eigenvalue weighted by Crippen LogP contribution is 2.26. The highest BCUT2D eigenvalue weighted by Gasteiger charge is 2.30. The number of benzene rings is 2. The first-order valence-corrected chi connectivity index (χ1v) is 8.25. The third kappa shape index (κ3) is 3.07. The van der Waals surface area contributed by atoms with E-state index < -0.39 is 22.5 Å². The van der Waals surface area contributed by atoms with Crippen molar-refractivity contribution in [1.29, 1.82) is 0 Å². The van der Waals surface area contributed by atoms with Crippen LogP contribution in [-0.4, -0.2) is 20.9 Å². The maximum atomic E-state index is 13.9. The zero-order chi connectivity index (χ0) is 17.3. The van der Waals surface area contributed by atoms with Gasteiger partial charge in [0.15, 0.2) is 0 Å². The molecular formula is C15H11F3N2O3S. The molecule has 0 bridgehead atoms. The van der Waals surface area contributed by atoms with Crippen LogP contribution < -0.4 is 9.46 Å². The van der Waals surface area contributed by atoms with Crippen LogP contribution in [0.3, 0.4) is 0 Å². The first-order valence-electron chi connectivity index (χ1n) is 6.77. The van der Waals surface area contributed by atoms with Gasteiger partial charge in [0.1, 0.15) is 17.4 Å². The van der Waals surface area contributed by atoms with Gasteiger partial charge in [-0.3, -0.25) is 9.71 Å². The van der Waals surface area contributed by atoms with E-state index in [0.717, 1.165) is 6.07 Å². The van der Waals surface area contributed by atoms with E-state index in [1.54, 1.807) is 18.2 Å². The molecule has 0 unspecified atom stereocenters. The van der Waals surface area contributed by atoms with Gasteiger partial charge in [-0.05, 0) is 24.3 Å². The second-order valence-electron chi connectivity index (χ2n) is 4.86. The first-order chi connectivity index (χ1) is 11.4. The topological polar surface area (TPSA) is 67.8 Å². The van der Waals surface area contributed by atoms with E-state index in [9.17, 15) is 21.6 Å². The lowest BCUT2D eigenvalue weighted by molar-refractivity contribution is -0.0506. The molecule has 0 radical (unpaired) electrons. The quantitative estimate of drug-likeness (QED) is 0.916. The number of fused-ring (bicyclic) bond motifs is 1. The van der Waals surface area contributed by atoms with Crippen LogP contribution in [0.2, 0.25) is 0 Å². The normalized spacial score (nSPS) is 16.9. The molecule has 24 heavy (non-hydrogen) atoms. The van der Waals surface area contributed by atoms with Crippen molar-refractivity contribution in [3.63, 3.8) is 0 Å². The summed E-state index contributed by atoms with van der Waals surface area (Å²) in [5, 5.41) is 0. The molecule has 0 spiro atoms. The van der Waals surface area contributed by atoms with Crippen LogP contribution in [0.15, 0.2) is 52.4 Å². The van der Waals surface area contributed by atoms with E-state index in [0.29, 0.717) is 5.56 Å². The van der Waals surface area contributed by atoms with E-state index in [-0.39, 0.29) is 28.6 Å². The molecule has 0 fully saturated rings. The Hall–Kier alpha value is -2.55. The molecule has 2 aromatic carbocycles. The Kier molecular flexibility index (Phi) is 4.18. The fraction of sp³-hybridized carbons (Fsp3) is 0.133. The number of hydrogen-bond acceptors (Lipinski definition) is 4. The lowest BCUT2D eigenvalue weighted by Gasteiger charge is -2.10. The molecule has 0 amide bonds. The Labute approximate surface area is 135 Å².